The summed E-state index contributed by atoms with van der Waals surface area (Å²) < 4.78 is 1.28. The van der Waals surface area contributed by atoms with Crippen molar-refractivity contribution >= 4 is 66.9 Å². The minimum Gasteiger partial charge on any atom is -0.380 e. The molecule has 3 aromatic carbocycles. The number of fused-ring (bicyclic) bond motifs is 1. The molecule has 1 unspecified atom stereocenters. The lowest BCUT2D eigenvalue weighted by molar-refractivity contribution is 0.664. The van der Waals surface area contributed by atoms with E-state index in [-0.39, 0.29) is 0 Å². The van der Waals surface area contributed by atoms with Crippen LogP contribution >= 0.6 is 43.8 Å². The van der Waals surface area contributed by atoms with Gasteiger partial charge >= 0.3 is 0 Å². The van der Waals surface area contributed by atoms with Crippen LogP contribution in [0.2, 0.25) is 0 Å². The molecule has 0 aliphatic heterocycles. The Morgan fingerprint density at radius 3 is 2.50 bits per heavy atom. The number of aryl methyl sites for hydroxylation is 2. The average molecular weight is 682 g/mol. The van der Waals surface area contributed by atoms with E-state index in [0.29, 0.717) is 16.6 Å². The summed E-state index contributed by atoms with van der Waals surface area (Å²) in [5.41, 5.74) is 9.59. The third-order valence-electron chi connectivity index (χ3n) is 7.78. The van der Waals surface area contributed by atoms with Crippen LogP contribution in [0.25, 0.3) is 23.1 Å². The number of rotatable bonds is 11. The van der Waals surface area contributed by atoms with Gasteiger partial charge in [0.2, 0.25) is 0 Å². The van der Waals surface area contributed by atoms with Gasteiger partial charge in [0.1, 0.15) is 0 Å². The maximum atomic E-state index is 6.92. The van der Waals surface area contributed by atoms with Crippen LogP contribution < -0.4 is 0 Å². The first-order valence-electron chi connectivity index (χ1n) is 14.1. The zero-order valence-electron chi connectivity index (χ0n) is 23.8. The second kappa shape index (κ2) is 15.0. The third kappa shape index (κ3) is 8.41. The Kier molecular flexibility index (Phi) is 11.7. The van der Waals surface area contributed by atoms with Crippen molar-refractivity contribution < 1.29 is 4.89 Å². The topological polar surface area (TPSA) is 33.1 Å². The van der Waals surface area contributed by atoms with Gasteiger partial charge in [-0.25, -0.2) is 4.98 Å². The Balaban J connectivity index is 0.00000181. The lowest BCUT2D eigenvalue weighted by Crippen LogP contribution is -2.09. The molecular weight excluding hydrogens is 640 g/mol. The zero-order chi connectivity index (χ0) is 28.5. The summed E-state index contributed by atoms with van der Waals surface area (Å²) in [6.07, 6.45) is 9.46. The highest BCUT2D eigenvalue weighted by Crippen LogP contribution is 2.52. The van der Waals surface area contributed by atoms with Gasteiger partial charge in [0.25, 0.3) is 0 Å². The molecule has 0 bridgehead atoms. The predicted molar refractivity (Wildman–Crippen MR) is 188 cm³/mol. The van der Waals surface area contributed by atoms with Crippen molar-refractivity contribution in [3.8, 4) is 0 Å². The van der Waals surface area contributed by atoms with Crippen LogP contribution in [0.1, 0.15) is 77.8 Å². The van der Waals surface area contributed by atoms with E-state index in [1.54, 1.807) is 0 Å². The van der Waals surface area contributed by atoms with Crippen LogP contribution in [0, 0.1) is 12.3 Å². The molecule has 5 rings (SSSR count). The van der Waals surface area contributed by atoms with Crippen molar-refractivity contribution in [3.63, 3.8) is 0 Å². The Hall–Kier alpha value is -1.72. The number of hydrogen-bond donors (Lipinski definition) is 1. The molecule has 1 saturated carbocycles. The summed E-state index contributed by atoms with van der Waals surface area (Å²) in [6, 6.07) is 28.9. The number of pyridine rings is 1. The molecule has 2 atom stereocenters. The van der Waals surface area contributed by atoms with Crippen molar-refractivity contribution in [2.75, 3.05) is 10.2 Å². The van der Waals surface area contributed by atoms with E-state index in [0.717, 1.165) is 17.6 Å². The van der Waals surface area contributed by atoms with E-state index >= 15 is 0 Å². The minimum atomic E-state index is 0.505. The summed E-state index contributed by atoms with van der Waals surface area (Å²) in [7, 11) is 1.42. The fourth-order valence-corrected chi connectivity index (χ4v) is 8.08. The molecule has 210 valence electrons. The number of benzene rings is 3. The predicted octanol–water partition coefficient (Wildman–Crippen LogP) is 10.2. The van der Waals surface area contributed by atoms with Gasteiger partial charge in [0.05, 0.1) is 11.2 Å². The first-order valence-corrected chi connectivity index (χ1v) is 17.2. The van der Waals surface area contributed by atoms with Crippen LogP contribution in [0.15, 0.2) is 78.9 Å². The molecule has 0 saturated heterocycles. The molecule has 1 N–H and O–H groups in total. The van der Waals surface area contributed by atoms with Gasteiger partial charge in [-0.05, 0) is 99.4 Å². The molecule has 5 heteroatoms. The smallest absolute Gasteiger partial charge is 0.0711 e. The lowest BCUT2D eigenvalue weighted by atomic mass is 9.93. The number of hydrogen-bond acceptors (Lipinski definition) is 3. The molecule has 1 heterocycles. The Bertz CT molecular complexity index is 1430. The number of alkyl halides is 1. The van der Waals surface area contributed by atoms with Crippen LogP contribution in [-0.4, -0.2) is 20.1 Å². The number of halogens is 1. The van der Waals surface area contributed by atoms with E-state index in [2.05, 4.69) is 146 Å². The molecular formula is C35H41INOPS. The summed E-state index contributed by atoms with van der Waals surface area (Å²) in [5, 5.41) is 1.69. The largest absolute Gasteiger partial charge is 0.380 e. The molecule has 4 aromatic rings. The van der Waals surface area contributed by atoms with Crippen molar-refractivity contribution in [3.05, 3.63) is 112 Å². The standard InChI is InChI=1S/C35H38INS.H3OP/c1-25(2)32-10-5-4-8-28(32)15-18-34(38-24-35(23-36)19-20-35)30-9-6-7-27(22-30)12-16-31-17-14-29-13-11-26(3)21-33(29)37-31;1-2/h4-14,16-17,21-22,25,34H,15,18-20,23-24H2,1-3H3;1H,2H2/b16-12+;/t34-;/m1./s1. The van der Waals surface area contributed by atoms with E-state index in [1.807, 2.05) is 0 Å². The van der Waals surface area contributed by atoms with E-state index in [9.17, 15) is 0 Å². The van der Waals surface area contributed by atoms with E-state index in [1.165, 1.54) is 72.1 Å². The monoisotopic (exact) mass is 681 g/mol. The highest BCUT2D eigenvalue weighted by molar-refractivity contribution is 14.1. The second-order valence-electron chi connectivity index (χ2n) is 11.3. The summed E-state index contributed by atoms with van der Waals surface area (Å²) in [6.45, 7) is 6.74. The van der Waals surface area contributed by atoms with Gasteiger partial charge in [-0.1, -0.05) is 109 Å². The molecule has 1 aliphatic rings. The van der Waals surface area contributed by atoms with Crippen molar-refractivity contribution in [1.82, 2.24) is 4.98 Å². The minimum absolute atomic E-state index is 0.505. The van der Waals surface area contributed by atoms with Crippen molar-refractivity contribution in [1.29, 1.82) is 0 Å². The SMILES string of the molecule is Cc1ccc2ccc(/C=C/c3cccc([C@@H](CCc4ccccc4C(C)C)SCC4(CI)CC4)c3)nc2c1.OP. The maximum Gasteiger partial charge on any atom is 0.0711 e. The van der Waals surface area contributed by atoms with Crippen LogP contribution in [0.4, 0.5) is 0 Å². The number of nitrogens with zero attached hydrogens (tertiary/aromatic N) is 1. The summed E-state index contributed by atoms with van der Waals surface area (Å²) in [5.74, 6) is 1.83. The lowest BCUT2D eigenvalue weighted by Gasteiger charge is -2.22. The molecule has 0 amide bonds. The zero-order valence-corrected chi connectivity index (χ0v) is 27.9. The first-order chi connectivity index (χ1) is 19.4. The van der Waals surface area contributed by atoms with E-state index < -0.39 is 0 Å². The maximum absolute atomic E-state index is 6.92. The van der Waals surface area contributed by atoms with Crippen molar-refractivity contribution in [2.24, 2.45) is 5.41 Å². The normalized spacial score (nSPS) is 14.8. The van der Waals surface area contributed by atoms with Gasteiger partial charge in [-0.3, -0.25) is 0 Å². The third-order valence-corrected chi connectivity index (χ3v) is 11.1. The number of aromatic nitrogens is 1. The van der Waals surface area contributed by atoms with Gasteiger partial charge in [-0.15, -0.1) is 0 Å². The Labute approximate surface area is 260 Å². The molecule has 1 aromatic heterocycles. The fraction of sp³-hybridized carbons (Fsp3) is 0.343. The van der Waals surface area contributed by atoms with E-state index in [4.69, 9.17) is 9.88 Å². The summed E-state index contributed by atoms with van der Waals surface area (Å²) in [4.78, 5) is 11.8. The van der Waals surface area contributed by atoms with Gasteiger partial charge in [0, 0.05) is 20.8 Å². The average Bonchev–Trinajstić information content (AvgIpc) is 3.77. The van der Waals surface area contributed by atoms with Crippen LogP contribution in [0.3, 0.4) is 0 Å². The van der Waals surface area contributed by atoms with Gasteiger partial charge in [-0.2, -0.15) is 11.8 Å². The second-order valence-corrected chi connectivity index (χ2v) is 13.2. The molecule has 2 nitrogen and oxygen atoms in total. The fourth-order valence-electron chi connectivity index (χ4n) is 5.11. The van der Waals surface area contributed by atoms with Gasteiger partial charge in [0.15, 0.2) is 0 Å². The van der Waals surface area contributed by atoms with Crippen LogP contribution in [0.5, 0.6) is 0 Å². The molecule has 1 aliphatic carbocycles. The Morgan fingerprint density at radius 2 is 1.75 bits per heavy atom. The van der Waals surface area contributed by atoms with Gasteiger partial charge < -0.3 is 4.89 Å². The quantitative estimate of drug-likeness (QED) is 0.0972. The van der Waals surface area contributed by atoms with Crippen molar-refractivity contribution in [2.45, 2.75) is 57.6 Å². The Morgan fingerprint density at radius 1 is 0.975 bits per heavy atom. The summed E-state index contributed by atoms with van der Waals surface area (Å²) >= 11 is 4.78. The highest BCUT2D eigenvalue weighted by atomic mass is 127. The number of thioether (sulfide) groups is 1. The molecule has 40 heavy (non-hydrogen) atoms. The van der Waals surface area contributed by atoms with Crippen LogP contribution in [-0.2, 0) is 6.42 Å². The molecule has 1 fully saturated rings. The molecule has 0 spiro atoms. The highest BCUT2D eigenvalue weighted by Gasteiger charge is 2.41. The first kappa shape index (κ1) is 31.2. The molecule has 0 radical (unpaired) electrons.